The van der Waals surface area contributed by atoms with E-state index in [0.717, 1.165) is 34.3 Å². The number of hydrogen-bond donors (Lipinski definition) is 1. The Morgan fingerprint density at radius 2 is 1.00 bits per heavy atom. The van der Waals surface area contributed by atoms with Crippen molar-refractivity contribution in [3.05, 3.63) is 72.1 Å². The number of nitrogens with zero attached hydrogens (tertiary/aromatic N) is 2. The Hall–Kier alpha value is -3.86. The maximum atomic E-state index is 13.4. The lowest BCUT2D eigenvalue weighted by atomic mass is 9.95. The minimum Gasteiger partial charge on any atom is -0.377 e. The van der Waals surface area contributed by atoms with E-state index in [9.17, 15) is 26.4 Å². The van der Waals surface area contributed by atoms with Crippen molar-refractivity contribution in [2.45, 2.75) is 13.1 Å². The fourth-order valence-corrected chi connectivity index (χ4v) is 5.99. The number of benzene rings is 2. The van der Waals surface area contributed by atoms with Gasteiger partial charge in [-0.15, -0.1) is 0 Å². The molecule has 0 saturated heterocycles. The van der Waals surface area contributed by atoms with Crippen molar-refractivity contribution < 1.29 is 44.3 Å². The zero-order valence-corrected chi connectivity index (χ0v) is 26.4. The van der Waals surface area contributed by atoms with Gasteiger partial charge in [0, 0.05) is 58.4 Å². The highest BCUT2D eigenvalue weighted by molar-refractivity contribution is 7.86. The van der Waals surface area contributed by atoms with Crippen molar-refractivity contribution in [3.8, 4) is 0 Å². The average Bonchev–Trinajstić information content (AvgIpc) is 3.61. The number of aromatic nitrogens is 2. The molecule has 0 atom stereocenters. The molecule has 1 aliphatic heterocycles. The van der Waals surface area contributed by atoms with Gasteiger partial charge in [-0.1, -0.05) is 36.4 Å². The summed E-state index contributed by atoms with van der Waals surface area (Å²) in [5, 5.41) is 4.04. The van der Waals surface area contributed by atoms with E-state index >= 15 is 0 Å². The molecule has 2 aromatic carbocycles. The summed E-state index contributed by atoms with van der Waals surface area (Å²) in [7, 11) is -7.10. The van der Waals surface area contributed by atoms with Gasteiger partial charge in [0.15, 0.2) is 0 Å². The van der Waals surface area contributed by atoms with Crippen LogP contribution in [-0.2, 0) is 60.8 Å². The summed E-state index contributed by atoms with van der Waals surface area (Å²) in [6.45, 7) is 1.34. The van der Waals surface area contributed by atoms with E-state index in [0.29, 0.717) is 24.2 Å². The monoisotopic (exact) mass is 659 g/mol. The molecule has 45 heavy (non-hydrogen) atoms. The summed E-state index contributed by atoms with van der Waals surface area (Å²) >= 11 is 0. The van der Waals surface area contributed by atoms with E-state index in [2.05, 4.69) is 5.32 Å². The van der Waals surface area contributed by atoms with Crippen LogP contribution >= 0.6 is 0 Å². The molecule has 1 aliphatic rings. The van der Waals surface area contributed by atoms with Crippen LogP contribution in [0.5, 0.6) is 0 Å². The second kappa shape index (κ2) is 13.6. The van der Waals surface area contributed by atoms with Crippen LogP contribution in [0.3, 0.4) is 0 Å². The summed E-state index contributed by atoms with van der Waals surface area (Å²) in [6, 6.07) is 15.1. The molecule has 0 spiro atoms. The van der Waals surface area contributed by atoms with Crippen LogP contribution < -0.4 is 5.32 Å². The van der Waals surface area contributed by atoms with Gasteiger partial charge in [0.25, 0.3) is 32.1 Å². The van der Waals surface area contributed by atoms with Crippen LogP contribution in [0.1, 0.15) is 11.1 Å². The summed E-state index contributed by atoms with van der Waals surface area (Å²) < 4.78 is 69.0. The maximum Gasteiger partial charge on any atom is 0.264 e. The van der Waals surface area contributed by atoms with E-state index in [1.807, 2.05) is 70.1 Å². The van der Waals surface area contributed by atoms with Gasteiger partial charge in [-0.2, -0.15) is 16.8 Å². The Kier molecular flexibility index (Phi) is 9.86. The molecular weight excluding hydrogens is 626 g/mol. The molecule has 0 fully saturated rings. The van der Waals surface area contributed by atoms with Crippen molar-refractivity contribution in [1.82, 2.24) is 14.5 Å². The lowest BCUT2D eigenvalue weighted by Crippen LogP contribution is -2.22. The first-order valence-electron chi connectivity index (χ1n) is 14.0. The van der Waals surface area contributed by atoms with Crippen LogP contribution in [0.15, 0.2) is 60.9 Å². The normalized spacial score (nSPS) is 14.3. The molecule has 240 valence electrons. The summed E-state index contributed by atoms with van der Waals surface area (Å²) in [5.74, 6) is -1.00. The van der Waals surface area contributed by atoms with Gasteiger partial charge in [0.1, 0.15) is 0 Å². The number of carbonyl (C=O) groups excluding carboxylic acids is 2. The number of imide groups is 1. The first-order chi connectivity index (χ1) is 21.4. The standard InChI is InChI=1S/C30H33N3O10S2/c1-44(36,37)42-17-15-40-13-11-32-19-23(21-7-3-5-9-25(21)32)27-28(30(35)31-29(27)34)24-20-33(26-10-6-4-8-22(24)26)12-14-41-16-18-43-45(2,38)39/h3-10,19-20H,11-18H2,1-2H3,(H,31,34,35). The van der Waals surface area contributed by atoms with Gasteiger partial charge in [-0.25, -0.2) is 0 Å². The van der Waals surface area contributed by atoms with Gasteiger partial charge >= 0.3 is 0 Å². The predicted octanol–water partition coefficient (Wildman–Crippen LogP) is 2.15. The summed E-state index contributed by atoms with van der Waals surface area (Å²) in [5.41, 5.74) is 3.37. The number of amides is 2. The van der Waals surface area contributed by atoms with Crippen LogP contribution in [-0.4, -0.2) is 89.9 Å². The second-order valence-electron chi connectivity index (χ2n) is 10.3. The Balaban J connectivity index is 1.43. The summed E-state index contributed by atoms with van der Waals surface area (Å²) in [4.78, 5) is 26.7. The zero-order chi connectivity index (χ0) is 32.2. The molecule has 0 bridgehead atoms. The topological polar surface area (TPSA) is 161 Å². The lowest BCUT2D eigenvalue weighted by Gasteiger charge is -2.07. The number of carbonyl (C=O) groups is 2. The highest BCUT2D eigenvalue weighted by Crippen LogP contribution is 2.39. The average molecular weight is 660 g/mol. The smallest absolute Gasteiger partial charge is 0.264 e. The zero-order valence-electron chi connectivity index (χ0n) is 24.7. The van der Waals surface area contributed by atoms with Crippen molar-refractivity contribution >= 4 is 65.0 Å². The van der Waals surface area contributed by atoms with E-state index in [1.165, 1.54) is 0 Å². The van der Waals surface area contributed by atoms with Gasteiger partial charge in [-0.3, -0.25) is 23.3 Å². The third kappa shape index (κ3) is 7.87. The van der Waals surface area contributed by atoms with Gasteiger partial charge in [0.05, 0.1) is 63.3 Å². The fourth-order valence-electron chi connectivity index (χ4n) is 5.25. The molecule has 15 heteroatoms. The molecule has 2 aromatic heterocycles. The molecule has 5 rings (SSSR count). The largest absolute Gasteiger partial charge is 0.377 e. The molecular formula is C30H33N3O10S2. The lowest BCUT2D eigenvalue weighted by molar-refractivity contribution is -0.122. The van der Waals surface area contributed by atoms with Crippen molar-refractivity contribution in [3.63, 3.8) is 0 Å². The molecule has 0 saturated carbocycles. The molecule has 3 heterocycles. The number of para-hydroxylation sites is 2. The van der Waals surface area contributed by atoms with Gasteiger partial charge < -0.3 is 18.6 Å². The van der Waals surface area contributed by atoms with E-state index < -0.39 is 32.1 Å². The predicted molar refractivity (Wildman–Crippen MR) is 167 cm³/mol. The number of fused-ring (bicyclic) bond motifs is 2. The molecule has 0 aliphatic carbocycles. The van der Waals surface area contributed by atoms with E-state index in [1.54, 1.807) is 0 Å². The minimum atomic E-state index is -3.55. The third-order valence-electron chi connectivity index (χ3n) is 7.05. The molecule has 13 nitrogen and oxygen atoms in total. The van der Waals surface area contributed by atoms with Crippen molar-refractivity contribution in [2.24, 2.45) is 0 Å². The number of hydrogen-bond acceptors (Lipinski definition) is 10. The Morgan fingerprint density at radius 1 is 0.600 bits per heavy atom. The number of rotatable bonds is 16. The van der Waals surface area contributed by atoms with Gasteiger partial charge in [0.2, 0.25) is 0 Å². The third-order valence-corrected chi connectivity index (χ3v) is 8.24. The Labute approximate surface area is 260 Å². The Morgan fingerprint density at radius 3 is 1.40 bits per heavy atom. The van der Waals surface area contributed by atoms with E-state index in [-0.39, 0.29) is 50.8 Å². The molecule has 0 unspecified atom stereocenters. The van der Waals surface area contributed by atoms with Crippen molar-refractivity contribution in [2.75, 3.05) is 52.2 Å². The number of ether oxygens (including phenoxy) is 2. The van der Waals surface area contributed by atoms with Crippen LogP contribution in [0.4, 0.5) is 0 Å². The van der Waals surface area contributed by atoms with Crippen LogP contribution in [0.25, 0.3) is 33.0 Å². The van der Waals surface area contributed by atoms with Crippen molar-refractivity contribution in [1.29, 1.82) is 0 Å². The maximum absolute atomic E-state index is 13.4. The quantitative estimate of drug-likeness (QED) is 0.107. The highest BCUT2D eigenvalue weighted by atomic mass is 32.2. The first kappa shape index (κ1) is 32.5. The minimum absolute atomic E-state index is 0.0909. The van der Waals surface area contributed by atoms with Crippen LogP contribution in [0, 0.1) is 0 Å². The number of nitrogens with one attached hydrogen (secondary N) is 1. The first-order valence-corrected chi connectivity index (χ1v) is 17.7. The van der Waals surface area contributed by atoms with E-state index in [4.69, 9.17) is 17.8 Å². The molecule has 1 N–H and O–H groups in total. The molecule has 4 aromatic rings. The molecule has 2 amide bonds. The Bertz CT molecular complexity index is 1850. The highest BCUT2D eigenvalue weighted by Gasteiger charge is 2.35. The SMILES string of the molecule is CS(=O)(=O)OCCOCCn1cc(C2=C(c3cn(CCOCCOS(C)(=O)=O)c4ccccc34)C(=O)NC2=O)c2ccccc21. The summed E-state index contributed by atoms with van der Waals surface area (Å²) in [6.07, 6.45) is 5.59. The second-order valence-corrected chi connectivity index (χ2v) is 13.6. The molecule has 0 radical (unpaired) electrons. The fraction of sp³-hybridized carbons (Fsp3) is 0.333. The van der Waals surface area contributed by atoms with Gasteiger partial charge in [-0.05, 0) is 12.1 Å². The van der Waals surface area contributed by atoms with Crippen LogP contribution in [0.2, 0.25) is 0 Å².